The quantitative estimate of drug-likeness (QED) is 0.395. The first-order chi connectivity index (χ1) is 19.8. The van der Waals surface area contributed by atoms with Crippen LogP contribution in [0, 0.1) is 0 Å². The number of amides is 2. The molecule has 0 radical (unpaired) electrons. The van der Waals surface area contributed by atoms with Gasteiger partial charge in [0.15, 0.2) is 11.5 Å². The predicted octanol–water partition coefficient (Wildman–Crippen LogP) is 2.11. The molecule has 1 saturated heterocycles. The lowest BCUT2D eigenvalue weighted by atomic mass is 9.95. The van der Waals surface area contributed by atoms with Gasteiger partial charge in [-0.1, -0.05) is 6.07 Å². The van der Waals surface area contributed by atoms with Crippen molar-refractivity contribution in [2.24, 2.45) is 0 Å². The minimum atomic E-state index is -0.646. The fourth-order valence-electron chi connectivity index (χ4n) is 5.44. The smallest absolute Gasteiger partial charge is 0.242 e. The van der Waals surface area contributed by atoms with Gasteiger partial charge in [0.25, 0.3) is 0 Å². The normalized spacial score (nSPS) is 17.2. The van der Waals surface area contributed by atoms with Crippen molar-refractivity contribution < 1.29 is 28.5 Å². The highest BCUT2D eigenvalue weighted by Gasteiger charge is 2.29. The van der Waals surface area contributed by atoms with Crippen molar-refractivity contribution in [2.75, 3.05) is 66.0 Å². The van der Waals surface area contributed by atoms with E-state index in [0.717, 1.165) is 36.3 Å². The van der Waals surface area contributed by atoms with E-state index in [-0.39, 0.29) is 22.9 Å². The van der Waals surface area contributed by atoms with Crippen LogP contribution in [0.4, 0.5) is 5.69 Å². The molecule has 2 atom stereocenters. The van der Waals surface area contributed by atoms with Crippen LogP contribution in [0.15, 0.2) is 29.1 Å². The third kappa shape index (κ3) is 6.91. The number of methoxy groups -OCH3 is 3. The highest BCUT2D eigenvalue weighted by atomic mass is 16.5. The molecule has 1 aliphatic carbocycles. The molecule has 3 N–H and O–H groups in total. The number of carbonyl (C=O) groups is 2. The molecule has 0 saturated carbocycles. The van der Waals surface area contributed by atoms with Gasteiger partial charge in [-0.2, -0.15) is 0 Å². The van der Waals surface area contributed by atoms with E-state index in [1.165, 1.54) is 13.0 Å². The van der Waals surface area contributed by atoms with Gasteiger partial charge < -0.3 is 34.9 Å². The van der Waals surface area contributed by atoms with Crippen molar-refractivity contribution in [3.63, 3.8) is 0 Å². The number of benzene rings is 1. The number of hydrogen-bond donors (Lipinski definition) is 3. The second kappa shape index (κ2) is 13.7. The van der Waals surface area contributed by atoms with E-state index in [9.17, 15) is 14.4 Å². The monoisotopic (exact) mass is 568 g/mol. The Balaban J connectivity index is 1.68. The summed E-state index contributed by atoms with van der Waals surface area (Å²) >= 11 is 0. The second-order valence-corrected chi connectivity index (χ2v) is 10.2. The molecule has 41 heavy (non-hydrogen) atoms. The van der Waals surface area contributed by atoms with Crippen molar-refractivity contribution in [3.8, 4) is 28.4 Å². The van der Waals surface area contributed by atoms with Crippen LogP contribution in [-0.2, 0) is 20.7 Å². The van der Waals surface area contributed by atoms with Gasteiger partial charge in [0.2, 0.25) is 23.0 Å². The fourth-order valence-corrected chi connectivity index (χ4v) is 5.44. The molecule has 11 heteroatoms. The van der Waals surface area contributed by atoms with Crippen LogP contribution in [0.1, 0.15) is 37.4 Å². The standard InChI is InChI=1S/C30H40N4O7/c1-18(30(37)31-10-11-34-12-14-41-15-13-34)32-24-9-7-21-22(17-25(24)36)23(33-19(2)35)8-6-20-16-26(38-3)28(39-4)29(40-5)27(20)21/h7,9,16-18,23H,6,8,10-15H2,1-5H3,(H,31,37)(H,32,36)(H,33,35). The maximum atomic E-state index is 13.5. The zero-order valence-corrected chi connectivity index (χ0v) is 24.4. The van der Waals surface area contributed by atoms with E-state index in [1.54, 1.807) is 34.3 Å². The molecule has 2 aromatic rings. The fraction of sp³-hybridized carbons (Fsp3) is 0.500. The number of carbonyl (C=O) groups excluding carboxylic acids is 2. The van der Waals surface area contributed by atoms with Crippen LogP contribution < -0.4 is 35.6 Å². The third-order valence-corrected chi connectivity index (χ3v) is 7.51. The zero-order chi connectivity index (χ0) is 29.5. The lowest BCUT2D eigenvalue weighted by Crippen LogP contribution is -2.44. The van der Waals surface area contributed by atoms with Crippen LogP contribution in [0.25, 0.3) is 11.1 Å². The minimum Gasteiger partial charge on any atom is -0.493 e. The van der Waals surface area contributed by atoms with E-state index < -0.39 is 12.1 Å². The van der Waals surface area contributed by atoms with Gasteiger partial charge in [0.05, 0.1) is 46.3 Å². The first-order valence-corrected chi connectivity index (χ1v) is 13.9. The number of anilines is 1. The molecule has 1 aliphatic heterocycles. The summed E-state index contributed by atoms with van der Waals surface area (Å²) in [5.41, 5.74) is 3.07. The summed E-state index contributed by atoms with van der Waals surface area (Å²) in [6.07, 6.45) is 1.17. The number of nitrogens with zero attached hydrogens (tertiary/aromatic N) is 1. The summed E-state index contributed by atoms with van der Waals surface area (Å²) in [7, 11) is 4.67. The van der Waals surface area contributed by atoms with Crippen LogP contribution in [0.5, 0.6) is 17.2 Å². The number of hydrogen-bond acceptors (Lipinski definition) is 9. The molecule has 2 unspecified atom stereocenters. The van der Waals surface area contributed by atoms with Crippen molar-refractivity contribution in [1.29, 1.82) is 0 Å². The van der Waals surface area contributed by atoms with E-state index in [1.807, 2.05) is 12.1 Å². The summed E-state index contributed by atoms with van der Waals surface area (Å²) in [4.78, 5) is 40.7. The molecule has 222 valence electrons. The predicted molar refractivity (Wildman–Crippen MR) is 156 cm³/mol. The maximum Gasteiger partial charge on any atom is 0.242 e. The van der Waals surface area contributed by atoms with Gasteiger partial charge in [-0.25, -0.2) is 0 Å². The molecule has 0 bridgehead atoms. The Morgan fingerprint density at radius 2 is 1.80 bits per heavy atom. The lowest BCUT2D eigenvalue weighted by Gasteiger charge is -2.26. The molecule has 4 rings (SSSR count). The molecule has 1 fully saturated rings. The van der Waals surface area contributed by atoms with E-state index in [0.29, 0.717) is 55.4 Å². The van der Waals surface area contributed by atoms with Gasteiger partial charge in [-0.15, -0.1) is 0 Å². The summed E-state index contributed by atoms with van der Waals surface area (Å²) in [6.45, 7) is 7.52. The van der Waals surface area contributed by atoms with Gasteiger partial charge in [-0.05, 0) is 54.7 Å². The van der Waals surface area contributed by atoms with E-state index in [4.69, 9.17) is 18.9 Å². The molecular weight excluding hydrogens is 528 g/mol. The van der Waals surface area contributed by atoms with Gasteiger partial charge >= 0.3 is 0 Å². The Morgan fingerprint density at radius 1 is 1.07 bits per heavy atom. The third-order valence-electron chi connectivity index (χ3n) is 7.51. The molecule has 0 aromatic heterocycles. The van der Waals surface area contributed by atoms with Gasteiger partial charge in [-0.3, -0.25) is 19.3 Å². The van der Waals surface area contributed by atoms with Crippen molar-refractivity contribution >= 4 is 17.5 Å². The van der Waals surface area contributed by atoms with Crippen LogP contribution >= 0.6 is 0 Å². The summed E-state index contributed by atoms with van der Waals surface area (Å²) in [5.74, 6) is 1.04. The van der Waals surface area contributed by atoms with Gasteiger partial charge in [0.1, 0.15) is 6.04 Å². The lowest BCUT2D eigenvalue weighted by molar-refractivity contribution is -0.121. The Labute approximate surface area is 240 Å². The van der Waals surface area contributed by atoms with Crippen LogP contribution in [0.2, 0.25) is 0 Å². The summed E-state index contributed by atoms with van der Waals surface area (Å²) in [5, 5.41) is 9.03. The Morgan fingerprint density at radius 3 is 2.46 bits per heavy atom. The average molecular weight is 569 g/mol. The summed E-state index contributed by atoms with van der Waals surface area (Å²) < 4.78 is 22.4. The molecule has 0 spiro atoms. The Kier molecular flexibility index (Phi) is 10.1. The number of aryl methyl sites for hydroxylation is 1. The largest absolute Gasteiger partial charge is 0.493 e. The van der Waals surface area contributed by atoms with Crippen molar-refractivity contribution in [1.82, 2.24) is 15.5 Å². The highest BCUT2D eigenvalue weighted by molar-refractivity contribution is 5.85. The number of nitrogens with one attached hydrogen (secondary N) is 3. The number of morpholine rings is 1. The molecule has 2 aliphatic rings. The van der Waals surface area contributed by atoms with Crippen molar-refractivity contribution in [2.45, 2.75) is 38.8 Å². The average Bonchev–Trinajstić information content (AvgIpc) is 3.21. The van der Waals surface area contributed by atoms with E-state index >= 15 is 0 Å². The van der Waals surface area contributed by atoms with Gasteiger partial charge in [0, 0.05) is 38.7 Å². The minimum absolute atomic E-state index is 0.200. The number of ether oxygens (including phenoxy) is 4. The topological polar surface area (TPSA) is 127 Å². The molecular formula is C30H40N4O7. The second-order valence-electron chi connectivity index (χ2n) is 10.2. The Hall–Kier alpha value is -3.83. The number of fused-ring (bicyclic) bond motifs is 3. The zero-order valence-electron chi connectivity index (χ0n) is 24.4. The van der Waals surface area contributed by atoms with Crippen LogP contribution in [0.3, 0.4) is 0 Å². The maximum absolute atomic E-state index is 13.5. The van der Waals surface area contributed by atoms with Crippen molar-refractivity contribution in [3.05, 3.63) is 45.6 Å². The molecule has 1 heterocycles. The van der Waals surface area contributed by atoms with E-state index in [2.05, 4.69) is 20.9 Å². The highest BCUT2D eigenvalue weighted by Crippen LogP contribution is 2.50. The number of rotatable bonds is 10. The molecule has 2 amide bonds. The Bertz CT molecular complexity index is 1330. The first-order valence-electron chi connectivity index (χ1n) is 13.9. The SMILES string of the molecule is COc1cc2c(c(OC)c1OC)-c1ccc(NC(C)C(=O)NCCN3CCOCC3)c(=O)cc1C(NC(C)=O)CC2. The summed E-state index contributed by atoms with van der Waals surface area (Å²) in [6, 6.07) is 5.89. The molecule has 2 aromatic carbocycles. The molecule has 11 nitrogen and oxygen atoms in total. The first kappa shape index (κ1) is 30.1. The van der Waals surface area contributed by atoms with Crippen LogP contribution in [-0.4, -0.2) is 83.5 Å².